The Kier molecular flexibility index (Phi) is 7.43. The SMILES string of the molecule is CC(C)c1ccc(CN(Cc2ccccc2)C(=S)NC2CC(C)(C)NC(C)(C)C2)cc1. The molecular weight excluding hydrogens is 398 g/mol. The third kappa shape index (κ3) is 7.05. The summed E-state index contributed by atoms with van der Waals surface area (Å²) in [7, 11) is 0. The minimum Gasteiger partial charge on any atom is -0.360 e. The molecule has 1 saturated heterocycles. The summed E-state index contributed by atoms with van der Waals surface area (Å²) >= 11 is 5.97. The van der Waals surface area contributed by atoms with Crippen molar-refractivity contribution in [3.63, 3.8) is 0 Å². The van der Waals surface area contributed by atoms with Gasteiger partial charge in [0.05, 0.1) is 0 Å². The van der Waals surface area contributed by atoms with Crippen LogP contribution < -0.4 is 10.6 Å². The molecule has 4 heteroatoms. The fourth-order valence-electron chi connectivity index (χ4n) is 4.92. The van der Waals surface area contributed by atoms with Crippen molar-refractivity contribution in [1.82, 2.24) is 15.5 Å². The maximum atomic E-state index is 5.97. The van der Waals surface area contributed by atoms with E-state index in [1.807, 2.05) is 0 Å². The average Bonchev–Trinajstić information content (AvgIpc) is 2.66. The molecule has 0 atom stereocenters. The summed E-state index contributed by atoms with van der Waals surface area (Å²) in [6.45, 7) is 15.2. The van der Waals surface area contributed by atoms with Crippen LogP contribution in [0.1, 0.15) is 77.0 Å². The molecule has 0 spiro atoms. The number of benzene rings is 2. The summed E-state index contributed by atoms with van der Waals surface area (Å²) < 4.78 is 0. The number of hydrogen-bond donors (Lipinski definition) is 2. The highest BCUT2D eigenvalue weighted by atomic mass is 32.1. The molecule has 3 nitrogen and oxygen atoms in total. The van der Waals surface area contributed by atoms with E-state index in [2.05, 4.69) is 112 Å². The highest BCUT2D eigenvalue weighted by molar-refractivity contribution is 7.80. The lowest BCUT2D eigenvalue weighted by molar-refractivity contribution is 0.153. The van der Waals surface area contributed by atoms with E-state index in [9.17, 15) is 0 Å². The predicted molar refractivity (Wildman–Crippen MR) is 136 cm³/mol. The Morgan fingerprint density at radius 2 is 1.45 bits per heavy atom. The van der Waals surface area contributed by atoms with Gasteiger partial charge in [-0.1, -0.05) is 68.4 Å². The third-order valence-corrected chi connectivity index (χ3v) is 6.42. The molecular formula is C27H39N3S. The third-order valence-electron chi connectivity index (χ3n) is 6.04. The Labute approximate surface area is 194 Å². The fraction of sp³-hybridized carbons (Fsp3) is 0.519. The second-order valence-electron chi connectivity index (χ2n) is 10.7. The van der Waals surface area contributed by atoms with Gasteiger partial charge in [-0.3, -0.25) is 0 Å². The lowest BCUT2D eigenvalue weighted by atomic mass is 9.80. The molecule has 0 aliphatic carbocycles. The first-order valence-corrected chi connectivity index (χ1v) is 11.9. The zero-order valence-electron chi connectivity index (χ0n) is 20.0. The summed E-state index contributed by atoms with van der Waals surface area (Å²) in [5, 5.41) is 8.32. The van der Waals surface area contributed by atoms with Gasteiger partial charge in [0.2, 0.25) is 0 Å². The zero-order chi connectivity index (χ0) is 22.6. The Morgan fingerprint density at radius 3 is 1.97 bits per heavy atom. The molecule has 0 unspecified atom stereocenters. The molecule has 2 aromatic carbocycles. The van der Waals surface area contributed by atoms with Gasteiger partial charge < -0.3 is 15.5 Å². The molecule has 0 aromatic heterocycles. The van der Waals surface area contributed by atoms with Gasteiger partial charge in [-0.2, -0.15) is 0 Å². The maximum absolute atomic E-state index is 5.97. The van der Waals surface area contributed by atoms with Gasteiger partial charge in [0.25, 0.3) is 0 Å². The van der Waals surface area contributed by atoms with Crippen LogP contribution in [0.2, 0.25) is 0 Å². The van der Waals surface area contributed by atoms with Crippen LogP contribution in [0.25, 0.3) is 0 Å². The molecule has 0 saturated carbocycles. The quantitative estimate of drug-likeness (QED) is 0.542. The predicted octanol–water partition coefficient (Wildman–Crippen LogP) is 6.00. The van der Waals surface area contributed by atoms with Gasteiger partial charge in [-0.15, -0.1) is 0 Å². The van der Waals surface area contributed by atoms with Crippen LogP contribution in [-0.4, -0.2) is 27.1 Å². The molecule has 0 bridgehead atoms. The number of thiocarbonyl (C=S) groups is 1. The van der Waals surface area contributed by atoms with Gasteiger partial charge in [-0.25, -0.2) is 0 Å². The van der Waals surface area contributed by atoms with Gasteiger partial charge >= 0.3 is 0 Å². The van der Waals surface area contributed by atoms with Crippen LogP contribution in [0.5, 0.6) is 0 Å². The highest BCUT2D eigenvalue weighted by Gasteiger charge is 2.38. The summed E-state index contributed by atoms with van der Waals surface area (Å²) in [5.41, 5.74) is 4.11. The molecule has 168 valence electrons. The molecule has 2 aromatic rings. The summed E-state index contributed by atoms with van der Waals surface area (Å²) in [4.78, 5) is 2.30. The summed E-state index contributed by atoms with van der Waals surface area (Å²) in [6.07, 6.45) is 2.11. The van der Waals surface area contributed by atoms with E-state index >= 15 is 0 Å². The second-order valence-corrected chi connectivity index (χ2v) is 11.1. The summed E-state index contributed by atoms with van der Waals surface area (Å²) in [6, 6.07) is 19.9. The van der Waals surface area contributed by atoms with Gasteiger partial charge in [0, 0.05) is 30.2 Å². The maximum Gasteiger partial charge on any atom is 0.169 e. The van der Waals surface area contributed by atoms with E-state index in [1.54, 1.807) is 0 Å². The first-order chi connectivity index (χ1) is 14.5. The topological polar surface area (TPSA) is 27.3 Å². The number of nitrogens with one attached hydrogen (secondary N) is 2. The van der Waals surface area contributed by atoms with Crippen molar-refractivity contribution in [2.45, 2.75) is 90.5 Å². The van der Waals surface area contributed by atoms with Crippen LogP contribution in [0.15, 0.2) is 54.6 Å². The fourth-order valence-corrected chi connectivity index (χ4v) is 5.22. The van der Waals surface area contributed by atoms with Crippen molar-refractivity contribution < 1.29 is 0 Å². The van der Waals surface area contributed by atoms with E-state index < -0.39 is 0 Å². The normalized spacial score (nSPS) is 18.0. The molecule has 0 radical (unpaired) electrons. The van der Waals surface area contributed by atoms with Crippen molar-refractivity contribution in [3.8, 4) is 0 Å². The molecule has 1 aliphatic rings. The number of rotatable bonds is 6. The Balaban J connectivity index is 1.76. The Bertz CT molecular complexity index is 840. The van der Waals surface area contributed by atoms with Crippen molar-refractivity contribution in [1.29, 1.82) is 0 Å². The molecule has 1 heterocycles. The standard InChI is InChI=1S/C27H39N3S/c1-20(2)23-14-12-22(13-15-23)19-30(18-21-10-8-7-9-11-21)25(31)28-24-16-26(3,4)29-27(5,6)17-24/h7-15,20,24,29H,16-19H2,1-6H3,(H,28,31). The van der Waals surface area contributed by atoms with Crippen LogP contribution in [0.4, 0.5) is 0 Å². The molecule has 1 fully saturated rings. The number of nitrogens with zero attached hydrogens (tertiary/aromatic N) is 1. The van der Waals surface area contributed by atoms with Crippen molar-refractivity contribution in [2.75, 3.05) is 0 Å². The highest BCUT2D eigenvalue weighted by Crippen LogP contribution is 2.29. The lowest BCUT2D eigenvalue weighted by Gasteiger charge is -2.47. The van der Waals surface area contributed by atoms with E-state index in [4.69, 9.17) is 12.2 Å². The van der Waals surface area contributed by atoms with Crippen molar-refractivity contribution in [3.05, 3.63) is 71.3 Å². The molecule has 31 heavy (non-hydrogen) atoms. The molecule has 1 aliphatic heterocycles. The van der Waals surface area contributed by atoms with Crippen LogP contribution in [0.3, 0.4) is 0 Å². The lowest BCUT2D eigenvalue weighted by Crippen LogP contribution is -2.62. The van der Waals surface area contributed by atoms with Crippen LogP contribution >= 0.6 is 12.2 Å². The van der Waals surface area contributed by atoms with Crippen molar-refractivity contribution in [2.24, 2.45) is 0 Å². The molecule has 0 amide bonds. The first kappa shape index (κ1) is 23.7. The van der Waals surface area contributed by atoms with Crippen LogP contribution in [0, 0.1) is 0 Å². The Hall–Kier alpha value is -1.91. The second kappa shape index (κ2) is 9.70. The molecule has 2 N–H and O–H groups in total. The van der Waals surface area contributed by atoms with E-state index in [-0.39, 0.29) is 11.1 Å². The van der Waals surface area contributed by atoms with E-state index in [0.29, 0.717) is 12.0 Å². The van der Waals surface area contributed by atoms with Crippen LogP contribution in [-0.2, 0) is 13.1 Å². The largest absolute Gasteiger partial charge is 0.360 e. The van der Waals surface area contributed by atoms with E-state index in [1.165, 1.54) is 16.7 Å². The summed E-state index contributed by atoms with van der Waals surface area (Å²) in [5.74, 6) is 0.545. The smallest absolute Gasteiger partial charge is 0.169 e. The monoisotopic (exact) mass is 437 g/mol. The zero-order valence-corrected chi connectivity index (χ0v) is 20.9. The molecule has 3 rings (SSSR count). The van der Waals surface area contributed by atoms with Gasteiger partial charge in [0.15, 0.2) is 5.11 Å². The van der Waals surface area contributed by atoms with Gasteiger partial charge in [0.1, 0.15) is 0 Å². The van der Waals surface area contributed by atoms with E-state index in [0.717, 1.165) is 31.0 Å². The minimum absolute atomic E-state index is 0.0893. The first-order valence-electron chi connectivity index (χ1n) is 11.5. The van der Waals surface area contributed by atoms with Crippen molar-refractivity contribution >= 4 is 17.3 Å². The number of piperidine rings is 1. The number of hydrogen-bond acceptors (Lipinski definition) is 2. The minimum atomic E-state index is 0.0893. The average molecular weight is 438 g/mol. The van der Waals surface area contributed by atoms with Gasteiger partial charge in [-0.05, 0) is 75.4 Å². The Morgan fingerprint density at radius 1 is 0.935 bits per heavy atom.